The van der Waals surface area contributed by atoms with Crippen molar-refractivity contribution in [1.29, 1.82) is 0 Å². The third-order valence-corrected chi connectivity index (χ3v) is 3.62. The van der Waals surface area contributed by atoms with Crippen molar-refractivity contribution in [2.45, 2.75) is 18.9 Å². The molecule has 2 aromatic carbocycles. The molecule has 0 bridgehead atoms. The molecule has 2 N–H and O–H groups in total. The first-order valence-electron chi connectivity index (χ1n) is 6.37. The van der Waals surface area contributed by atoms with Gasteiger partial charge in [-0.05, 0) is 23.6 Å². The number of para-hydroxylation sites is 1. The Labute approximate surface area is 111 Å². The third kappa shape index (κ3) is 2.13. The smallest absolute Gasteiger partial charge is 0.232 e. The van der Waals surface area contributed by atoms with Gasteiger partial charge >= 0.3 is 0 Å². The van der Waals surface area contributed by atoms with Gasteiger partial charge in [-0.1, -0.05) is 42.5 Å². The molecule has 0 heterocycles. The van der Waals surface area contributed by atoms with Crippen LogP contribution in [0.15, 0.2) is 48.5 Å². The Kier molecular flexibility index (Phi) is 3.05. The highest BCUT2D eigenvalue weighted by molar-refractivity contribution is 5.98. The van der Waals surface area contributed by atoms with E-state index in [9.17, 15) is 9.90 Å². The number of benzene rings is 2. The Bertz CT molecular complexity index is 622. The van der Waals surface area contributed by atoms with Gasteiger partial charge in [0, 0.05) is 11.3 Å². The zero-order valence-electron chi connectivity index (χ0n) is 10.5. The van der Waals surface area contributed by atoms with E-state index in [1.165, 1.54) is 5.56 Å². The topological polar surface area (TPSA) is 49.3 Å². The number of aliphatic hydroxyl groups is 1. The number of hydrogen-bond acceptors (Lipinski definition) is 2. The Hall–Kier alpha value is -2.13. The van der Waals surface area contributed by atoms with Crippen LogP contribution in [-0.4, -0.2) is 11.0 Å². The largest absolute Gasteiger partial charge is 0.392 e. The minimum absolute atomic E-state index is 0.000370. The lowest BCUT2D eigenvalue weighted by Gasteiger charge is -2.29. The molecule has 0 spiro atoms. The summed E-state index contributed by atoms with van der Waals surface area (Å²) in [5.41, 5.74) is 3.79. The first-order chi connectivity index (χ1) is 9.29. The van der Waals surface area contributed by atoms with Crippen molar-refractivity contribution < 1.29 is 9.90 Å². The van der Waals surface area contributed by atoms with Crippen LogP contribution in [0.25, 0.3) is 0 Å². The first kappa shape index (κ1) is 11.9. The predicted octanol–water partition coefficient (Wildman–Crippen LogP) is 2.46. The van der Waals surface area contributed by atoms with E-state index in [1.54, 1.807) is 0 Å². The summed E-state index contributed by atoms with van der Waals surface area (Å²) in [5, 5.41) is 12.2. The number of carbonyl (C=O) groups is 1. The molecule has 1 aliphatic rings. The molecule has 3 heteroatoms. The van der Waals surface area contributed by atoms with E-state index in [0.717, 1.165) is 17.5 Å². The van der Waals surface area contributed by atoms with E-state index in [4.69, 9.17) is 0 Å². The standard InChI is InChI=1S/C16H15NO2/c18-10-12-6-2-4-8-15(12)17-16(19)14-9-11-5-1-3-7-13(11)14/h1-8,14,18H,9-10H2,(H,17,19). The van der Waals surface area contributed by atoms with Gasteiger partial charge in [-0.15, -0.1) is 0 Å². The summed E-state index contributed by atoms with van der Waals surface area (Å²) in [5.74, 6) is -0.0671. The summed E-state index contributed by atoms with van der Waals surface area (Å²) in [7, 11) is 0. The highest BCUT2D eigenvalue weighted by Crippen LogP contribution is 2.35. The fraction of sp³-hybridized carbons (Fsp3) is 0.188. The van der Waals surface area contributed by atoms with Gasteiger partial charge in [0.1, 0.15) is 0 Å². The predicted molar refractivity (Wildman–Crippen MR) is 73.9 cm³/mol. The molecule has 1 atom stereocenters. The van der Waals surface area contributed by atoms with Crippen LogP contribution in [0.1, 0.15) is 22.6 Å². The fourth-order valence-electron chi connectivity index (χ4n) is 2.49. The zero-order valence-corrected chi connectivity index (χ0v) is 10.5. The highest BCUT2D eigenvalue weighted by atomic mass is 16.3. The molecule has 1 unspecified atom stereocenters. The lowest BCUT2D eigenvalue weighted by molar-refractivity contribution is -0.118. The second kappa shape index (κ2) is 4.86. The molecule has 1 aliphatic carbocycles. The normalized spacial score (nSPS) is 16.4. The van der Waals surface area contributed by atoms with Gasteiger partial charge in [-0.25, -0.2) is 0 Å². The Balaban J connectivity index is 1.77. The number of nitrogens with one attached hydrogen (secondary N) is 1. The number of amides is 1. The lowest BCUT2D eigenvalue weighted by atomic mass is 9.77. The minimum Gasteiger partial charge on any atom is -0.392 e. The molecule has 0 saturated heterocycles. The maximum atomic E-state index is 12.2. The molecule has 0 fully saturated rings. The van der Waals surface area contributed by atoms with Crippen molar-refractivity contribution in [3.63, 3.8) is 0 Å². The number of anilines is 1. The molecule has 0 saturated carbocycles. The van der Waals surface area contributed by atoms with Crippen LogP contribution in [-0.2, 0) is 17.8 Å². The zero-order chi connectivity index (χ0) is 13.2. The van der Waals surface area contributed by atoms with Gasteiger partial charge in [0.15, 0.2) is 0 Å². The summed E-state index contributed by atoms with van der Waals surface area (Å²) in [6.07, 6.45) is 0.795. The van der Waals surface area contributed by atoms with Crippen LogP contribution >= 0.6 is 0 Å². The van der Waals surface area contributed by atoms with Gasteiger partial charge in [-0.3, -0.25) is 4.79 Å². The summed E-state index contributed by atoms with van der Waals surface area (Å²) >= 11 is 0. The Morgan fingerprint density at radius 3 is 2.68 bits per heavy atom. The van der Waals surface area contributed by atoms with Crippen molar-refractivity contribution in [3.05, 3.63) is 65.2 Å². The third-order valence-electron chi connectivity index (χ3n) is 3.62. The molecule has 0 radical (unpaired) electrons. The molecular weight excluding hydrogens is 238 g/mol. The van der Waals surface area contributed by atoms with Gasteiger partial charge in [0.05, 0.1) is 12.5 Å². The molecule has 1 amide bonds. The average Bonchev–Trinajstić information content (AvgIpc) is 2.41. The minimum atomic E-state index is -0.0717. The van der Waals surface area contributed by atoms with Crippen LogP contribution < -0.4 is 5.32 Å². The summed E-state index contributed by atoms with van der Waals surface area (Å²) in [6, 6.07) is 15.3. The molecule has 96 valence electrons. The first-order valence-corrected chi connectivity index (χ1v) is 6.37. The Morgan fingerprint density at radius 2 is 1.89 bits per heavy atom. The highest BCUT2D eigenvalue weighted by Gasteiger charge is 2.31. The second-order valence-electron chi connectivity index (χ2n) is 4.76. The van der Waals surface area contributed by atoms with E-state index in [2.05, 4.69) is 11.4 Å². The fourth-order valence-corrected chi connectivity index (χ4v) is 2.49. The average molecular weight is 253 g/mol. The number of aliphatic hydroxyl groups excluding tert-OH is 1. The van der Waals surface area contributed by atoms with Crippen LogP contribution in [0.2, 0.25) is 0 Å². The number of carbonyl (C=O) groups excluding carboxylic acids is 1. The SMILES string of the molecule is O=C(Nc1ccccc1CO)C1Cc2ccccc21. The molecule has 2 aromatic rings. The van der Waals surface area contributed by atoms with E-state index in [-0.39, 0.29) is 18.4 Å². The van der Waals surface area contributed by atoms with Crippen molar-refractivity contribution >= 4 is 11.6 Å². The lowest BCUT2D eigenvalue weighted by Crippen LogP contribution is -2.30. The van der Waals surface area contributed by atoms with Crippen LogP contribution in [0.5, 0.6) is 0 Å². The van der Waals surface area contributed by atoms with Gasteiger partial charge in [0.2, 0.25) is 5.91 Å². The van der Waals surface area contributed by atoms with Crippen molar-refractivity contribution in [2.75, 3.05) is 5.32 Å². The van der Waals surface area contributed by atoms with Crippen LogP contribution in [0.4, 0.5) is 5.69 Å². The van der Waals surface area contributed by atoms with E-state index in [1.807, 2.05) is 42.5 Å². The van der Waals surface area contributed by atoms with Crippen molar-refractivity contribution in [1.82, 2.24) is 0 Å². The van der Waals surface area contributed by atoms with Gasteiger partial charge < -0.3 is 10.4 Å². The quantitative estimate of drug-likeness (QED) is 0.882. The molecule has 3 rings (SSSR count). The maximum Gasteiger partial charge on any atom is 0.232 e. The second-order valence-corrected chi connectivity index (χ2v) is 4.76. The summed E-state index contributed by atoms with van der Waals surface area (Å²) in [6.45, 7) is -0.0717. The van der Waals surface area contributed by atoms with E-state index >= 15 is 0 Å². The summed E-state index contributed by atoms with van der Waals surface area (Å²) in [4.78, 5) is 12.2. The Morgan fingerprint density at radius 1 is 1.16 bits per heavy atom. The van der Waals surface area contributed by atoms with Crippen LogP contribution in [0, 0.1) is 0 Å². The van der Waals surface area contributed by atoms with Crippen molar-refractivity contribution in [2.24, 2.45) is 0 Å². The van der Waals surface area contributed by atoms with E-state index in [0.29, 0.717) is 5.69 Å². The molecular formula is C16H15NO2. The molecule has 0 aliphatic heterocycles. The number of rotatable bonds is 3. The van der Waals surface area contributed by atoms with Gasteiger partial charge in [0.25, 0.3) is 0 Å². The number of hydrogen-bond donors (Lipinski definition) is 2. The van der Waals surface area contributed by atoms with Crippen LogP contribution in [0.3, 0.4) is 0 Å². The molecule has 3 nitrogen and oxygen atoms in total. The maximum absolute atomic E-state index is 12.2. The van der Waals surface area contributed by atoms with Gasteiger partial charge in [-0.2, -0.15) is 0 Å². The summed E-state index contributed by atoms with van der Waals surface area (Å²) < 4.78 is 0. The number of fused-ring (bicyclic) bond motifs is 1. The molecule has 0 aromatic heterocycles. The van der Waals surface area contributed by atoms with E-state index < -0.39 is 0 Å². The molecule has 19 heavy (non-hydrogen) atoms. The van der Waals surface area contributed by atoms with Crippen molar-refractivity contribution in [3.8, 4) is 0 Å². The monoisotopic (exact) mass is 253 g/mol.